The lowest BCUT2D eigenvalue weighted by Crippen LogP contribution is -2.33. The Bertz CT molecular complexity index is 563. The highest BCUT2D eigenvalue weighted by molar-refractivity contribution is 7.10. The summed E-state index contributed by atoms with van der Waals surface area (Å²) >= 11 is 1.82. The number of ether oxygens (including phenoxy) is 1. The van der Waals surface area contributed by atoms with Crippen LogP contribution in [0.25, 0.3) is 0 Å². The van der Waals surface area contributed by atoms with Gasteiger partial charge in [-0.1, -0.05) is 18.2 Å². The standard InChI is InChI=1S/C16H19NOS/c1-11-7-14(10-19-11)16(17-2)13-8-12-5-3-4-6-15(12)18-9-13/h3-7,10,13,16-17H,8-9H2,1-2H3. The molecule has 0 saturated carbocycles. The summed E-state index contributed by atoms with van der Waals surface area (Å²) in [6, 6.07) is 11.0. The Morgan fingerprint density at radius 3 is 2.95 bits per heavy atom. The summed E-state index contributed by atoms with van der Waals surface area (Å²) in [6.45, 7) is 2.95. The van der Waals surface area contributed by atoms with Crippen LogP contribution in [0.3, 0.4) is 0 Å². The van der Waals surface area contributed by atoms with Crippen molar-refractivity contribution in [2.75, 3.05) is 13.7 Å². The van der Waals surface area contributed by atoms with Crippen LogP contribution in [0.2, 0.25) is 0 Å². The lowest BCUT2D eigenvalue weighted by molar-refractivity contribution is 0.188. The molecule has 3 heteroatoms. The van der Waals surface area contributed by atoms with E-state index < -0.39 is 0 Å². The van der Waals surface area contributed by atoms with Gasteiger partial charge >= 0.3 is 0 Å². The van der Waals surface area contributed by atoms with E-state index in [-0.39, 0.29) is 0 Å². The number of benzene rings is 1. The average Bonchev–Trinajstić information content (AvgIpc) is 2.86. The Hall–Kier alpha value is -1.32. The zero-order valence-electron chi connectivity index (χ0n) is 11.3. The predicted molar refractivity (Wildman–Crippen MR) is 80.0 cm³/mol. The van der Waals surface area contributed by atoms with Gasteiger partial charge in [0.15, 0.2) is 0 Å². The molecule has 1 aliphatic heterocycles. The van der Waals surface area contributed by atoms with Crippen molar-refractivity contribution in [3.05, 3.63) is 51.7 Å². The number of aryl methyl sites for hydroxylation is 1. The molecule has 0 bridgehead atoms. The molecule has 0 amide bonds. The third kappa shape index (κ3) is 2.53. The molecule has 2 atom stereocenters. The Morgan fingerprint density at radius 1 is 1.37 bits per heavy atom. The molecule has 0 fully saturated rings. The van der Waals surface area contributed by atoms with Gasteiger partial charge in [-0.2, -0.15) is 0 Å². The minimum absolute atomic E-state index is 0.373. The van der Waals surface area contributed by atoms with E-state index in [1.54, 1.807) is 0 Å². The van der Waals surface area contributed by atoms with Crippen LogP contribution in [-0.2, 0) is 6.42 Å². The van der Waals surface area contributed by atoms with Gasteiger partial charge in [-0.05, 0) is 49.0 Å². The zero-order valence-corrected chi connectivity index (χ0v) is 12.2. The molecule has 2 heterocycles. The van der Waals surface area contributed by atoms with E-state index >= 15 is 0 Å². The van der Waals surface area contributed by atoms with Gasteiger partial charge in [-0.25, -0.2) is 0 Å². The fourth-order valence-electron chi connectivity index (χ4n) is 2.87. The van der Waals surface area contributed by atoms with Crippen LogP contribution < -0.4 is 10.1 Å². The summed E-state index contributed by atoms with van der Waals surface area (Å²) < 4.78 is 5.91. The number of rotatable bonds is 3. The topological polar surface area (TPSA) is 21.3 Å². The van der Waals surface area contributed by atoms with E-state index in [4.69, 9.17) is 4.74 Å². The van der Waals surface area contributed by atoms with E-state index in [1.807, 2.05) is 24.5 Å². The van der Waals surface area contributed by atoms with Crippen LogP contribution in [0.15, 0.2) is 35.7 Å². The molecule has 100 valence electrons. The quantitative estimate of drug-likeness (QED) is 0.923. The Labute approximate surface area is 118 Å². The van der Waals surface area contributed by atoms with Crippen molar-refractivity contribution in [1.29, 1.82) is 0 Å². The largest absolute Gasteiger partial charge is 0.493 e. The molecule has 1 aromatic carbocycles. The summed E-state index contributed by atoms with van der Waals surface area (Å²) in [5.41, 5.74) is 2.71. The summed E-state index contributed by atoms with van der Waals surface area (Å²) in [7, 11) is 2.04. The summed E-state index contributed by atoms with van der Waals surface area (Å²) in [6.07, 6.45) is 1.08. The first-order valence-electron chi connectivity index (χ1n) is 6.71. The van der Waals surface area contributed by atoms with E-state index in [9.17, 15) is 0 Å². The minimum Gasteiger partial charge on any atom is -0.493 e. The second kappa shape index (κ2) is 5.35. The maximum Gasteiger partial charge on any atom is 0.122 e. The van der Waals surface area contributed by atoms with Crippen molar-refractivity contribution in [2.45, 2.75) is 19.4 Å². The first kappa shape index (κ1) is 12.7. The molecule has 1 aromatic heterocycles. The van der Waals surface area contributed by atoms with E-state index in [0.717, 1.165) is 18.8 Å². The highest BCUT2D eigenvalue weighted by Crippen LogP contribution is 2.34. The van der Waals surface area contributed by atoms with Gasteiger partial charge in [0.05, 0.1) is 6.61 Å². The second-order valence-corrected chi connectivity index (χ2v) is 6.26. The maximum atomic E-state index is 5.91. The van der Waals surface area contributed by atoms with Crippen LogP contribution in [0.1, 0.15) is 22.0 Å². The van der Waals surface area contributed by atoms with Crippen molar-refractivity contribution in [1.82, 2.24) is 5.32 Å². The molecule has 3 rings (SSSR count). The van der Waals surface area contributed by atoms with Crippen molar-refractivity contribution < 1.29 is 4.74 Å². The summed E-state index contributed by atoms with van der Waals surface area (Å²) in [5.74, 6) is 1.55. The smallest absolute Gasteiger partial charge is 0.122 e. The number of thiophene rings is 1. The molecule has 0 radical (unpaired) electrons. The fraction of sp³-hybridized carbons (Fsp3) is 0.375. The molecule has 0 spiro atoms. The second-order valence-electron chi connectivity index (χ2n) is 5.14. The van der Waals surface area contributed by atoms with Crippen molar-refractivity contribution in [3.8, 4) is 5.75 Å². The van der Waals surface area contributed by atoms with Crippen LogP contribution in [0.4, 0.5) is 0 Å². The third-order valence-electron chi connectivity index (χ3n) is 3.80. The molecule has 2 unspecified atom stereocenters. The number of hydrogen-bond donors (Lipinski definition) is 1. The predicted octanol–water partition coefficient (Wildman–Crippen LogP) is 3.57. The first-order chi connectivity index (χ1) is 9.28. The van der Waals surface area contributed by atoms with Crippen LogP contribution in [-0.4, -0.2) is 13.7 Å². The van der Waals surface area contributed by atoms with Gasteiger partial charge in [0, 0.05) is 16.8 Å². The highest BCUT2D eigenvalue weighted by Gasteiger charge is 2.27. The minimum atomic E-state index is 0.373. The van der Waals surface area contributed by atoms with E-state index in [1.165, 1.54) is 16.0 Å². The molecular weight excluding hydrogens is 254 g/mol. The summed E-state index contributed by atoms with van der Waals surface area (Å²) in [4.78, 5) is 1.37. The molecule has 0 saturated heterocycles. The van der Waals surface area contributed by atoms with E-state index in [0.29, 0.717) is 12.0 Å². The van der Waals surface area contributed by atoms with Crippen molar-refractivity contribution in [3.63, 3.8) is 0 Å². The lowest BCUT2D eigenvalue weighted by Gasteiger charge is -2.31. The van der Waals surface area contributed by atoms with Gasteiger partial charge in [0.2, 0.25) is 0 Å². The molecule has 2 aromatic rings. The molecule has 0 aliphatic carbocycles. The number of hydrogen-bond acceptors (Lipinski definition) is 3. The lowest BCUT2D eigenvalue weighted by atomic mass is 9.87. The van der Waals surface area contributed by atoms with Crippen LogP contribution >= 0.6 is 11.3 Å². The Morgan fingerprint density at radius 2 is 2.21 bits per heavy atom. The molecule has 2 nitrogen and oxygen atoms in total. The van der Waals surface area contributed by atoms with Crippen LogP contribution in [0.5, 0.6) is 5.75 Å². The number of nitrogens with one attached hydrogen (secondary N) is 1. The Balaban J connectivity index is 1.83. The Kier molecular flexibility index (Phi) is 3.58. The SMILES string of the molecule is CNC(c1csc(C)c1)C1COc2ccccc2C1. The third-order valence-corrected chi connectivity index (χ3v) is 4.68. The fourth-order valence-corrected chi connectivity index (χ4v) is 3.61. The molecule has 1 aliphatic rings. The maximum absolute atomic E-state index is 5.91. The van der Waals surface area contributed by atoms with Crippen LogP contribution in [0, 0.1) is 12.8 Å². The van der Waals surface area contributed by atoms with E-state index in [2.05, 4.69) is 41.9 Å². The normalized spacial score (nSPS) is 19.6. The van der Waals surface area contributed by atoms with Gasteiger partial charge < -0.3 is 10.1 Å². The first-order valence-corrected chi connectivity index (χ1v) is 7.59. The highest BCUT2D eigenvalue weighted by atomic mass is 32.1. The van der Waals surface area contributed by atoms with Gasteiger partial charge in [-0.15, -0.1) is 11.3 Å². The monoisotopic (exact) mass is 273 g/mol. The van der Waals surface area contributed by atoms with Gasteiger partial charge in [-0.3, -0.25) is 0 Å². The molecule has 1 N–H and O–H groups in total. The van der Waals surface area contributed by atoms with Crippen molar-refractivity contribution >= 4 is 11.3 Å². The van der Waals surface area contributed by atoms with Gasteiger partial charge in [0.25, 0.3) is 0 Å². The summed E-state index contributed by atoms with van der Waals surface area (Å²) in [5, 5.41) is 5.72. The number of para-hydroxylation sites is 1. The average molecular weight is 273 g/mol. The number of fused-ring (bicyclic) bond motifs is 1. The molecular formula is C16H19NOS. The van der Waals surface area contributed by atoms with Crippen molar-refractivity contribution in [2.24, 2.45) is 5.92 Å². The van der Waals surface area contributed by atoms with Gasteiger partial charge in [0.1, 0.15) is 5.75 Å². The zero-order chi connectivity index (χ0) is 13.2. The molecule has 19 heavy (non-hydrogen) atoms.